The van der Waals surface area contributed by atoms with E-state index < -0.39 is 17.7 Å². The molecule has 0 saturated carbocycles. The molecule has 1 aliphatic rings. The van der Waals surface area contributed by atoms with Gasteiger partial charge in [0, 0.05) is 13.1 Å². The summed E-state index contributed by atoms with van der Waals surface area (Å²) in [4.78, 5) is 12.9. The Balaban J connectivity index is 2.32. The van der Waals surface area contributed by atoms with Gasteiger partial charge in [-0.15, -0.1) is 0 Å². The molecule has 3 nitrogen and oxygen atoms in total. The van der Waals surface area contributed by atoms with E-state index in [0.717, 1.165) is 18.2 Å². The van der Waals surface area contributed by atoms with Crippen molar-refractivity contribution in [3.8, 4) is 0 Å². The molecule has 0 spiro atoms. The highest BCUT2D eigenvalue weighted by molar-refractivity contribution is 5.94. The minimum Gasteiger partial charge on any atom is -0.478 e. The summed E-state index contributed by atoms with van der Waals surface area (Å²) in [5, 5.41) is 9.15. The highest BCUT2D eigenvalue weighted by atomic mass is 19.4. The standard InChI is InChI=1S/C15H18F3NO2/c1-14(2,3)10-7-19(8-10)12-6-9(15(16,17)18)4-5-11(12)13(20)21/h4-6,10H,7-8H2,1-3H3,(H,20,21). The number of carboxylic acids is 1. The van der Waals surface area contributed by atoms with Crippen molar-refractivity contribution in [1.29, 1.82) is 0 Å². The van der Waals surface area contributed by atoms with Gasteiger partial charge in [-0.1, -0.05) is 20.8 Å². The lowest BCUT2D eigenvalue weighted by atomic mass is 9.75. The first-order valence-corrected chi connectivity index (χ1v) is 6.69. The Hall–Kier alpha value is -1.72. The molecule has 2 rings (SSSR count). The maximum Gasteiger partial charge on any atom is 0.416 e. The van der Waals surface area contributed by atoms with Crippen molar-refractivity contribution in [3.63, 3.8) is 0 Å². The van der Waals surface area contributed by atoms with Crippen molar-refractivity contribution in [2.45, 2.75) is 26.9 Å². The fraction of sp³-hybridized carbons (Fsp3) is 0.533. The molecule has 0 unspecified atom stereocenters. The monoisotopic (exact) mass is 301 g/mol. The number of aromatic carboxylic acids is 1. The molecule has 1 aromatic carbocycles. The molecule has 1 aromatic rings. The van der Waals surface area contributed by atoms with Gasteiger partial charge in [0.25, 0.3) is 0 Å². The first-order chi connectivity index (χ1) is 9.50. The Labute approximate surface area is 121 Å². The summed E-state index contributed by atoms with van der Waals surface area (Å²) in [6, 6.07) is 2.78. The lowest BCUT2D eigenvalue weighted by molar-refractivity contribution is -0.137. The van der Waals surface area contributed by atoms with Crippen LogP contribution in [-0.4, -0.2) is 24.2 Å². The van der Waals surface area contributed by atoms with Crippen molar-refractivity contribution in [1.82, 2.24) is 0 Å². The molecule has 1 aliphatic heterocycles. The van der Waals surface area contributed by atoms with Crippen molar-refractivity contribution in [3.05, 3.63) is 29.3 Å². The van der Waals surface area contributed by atoms with E-state index in [2.05, 4.69) is 20.8 Å². The summed E-state index contributed by atoms with van der Waals surface area (Å²) >= 11 is 0. The quantitative estimate of drug-likeness (QED) is 0.901. The van der Waals surface area contributed by atoms with Gasteiger partial charge in [0.15, 0.2) is 0 Å². The van der Waals surface area contributed by atoms with Gasteiger partial charge < -0.3 is 10.0 Å². The zero-order valence-corrected chi connectivity index (χ0v) is 12.2. The highest BCUT2D eigenvalue weighted by Gasteiger charge is 2.38. The number of rotatable bonds is 2. The third-order valence-corrected chi connectivity index (χ3v) is 4.00. The zero-order chi connectivity index (χ0) is 16.0. The predicted molar refractivity (Wildman–Crippen MR) is 73.6 cm³/mol. The lowest BCUT2D eigenvalue weighted by Crippen LogP contribution is -2.52. The van der Waals surface area contributed by atoms with Crippen LogP contribution in [0.5, 0.6) is 0 Å². The van der Waals surface area contributed by atoms with Gasteiger partial charge in [-0.25, -0.2) is 4.79 Å². The lowest BCUT2D eigenvalue weighted by Gasteiger charge is -2.48. The van der Waals surface area contributed by atoms with Crippen molar-refractivity contribution in [2.75, 3.05) is 18.0 Å². The largest absolute Gasteiger partial charge is 0.478 e. The molecule has 0 atom stereocenters. The first kappa shape index (κ1) is 15.7. The van der Waals surface area contributed by atoms with E-state index in [1.807, 2.05) is 0 Å². The van der Waals surface area contributed by atoms with Gasteiger partial charge in [-0.2, -0.15) is 13.2 Å². The van der Waals surface area contributed by atoms with Crippen LogP contribution >= 0.6 is 0 Å². The number of hydrogen-bond donors (Lipinski definition) is 1. The fourth-order valence-electron chi connectivity index (χ4n) is 2.37. The molecule has 1 N–H and O–H groups in total. The van der Waals surface area contributed by atoms with Gasteiger partial charge >= 0.3 is 12.1 Å². The number of carbonyl (C=O) groups is 1. The second kappa shape index (κ2) is 4.93. The highest BCUT2D eigenvalue weighted by Crippen LogP contribution is 2.40. The normalized spacial score (nSPS) is 16.8. The average molecular weight is 301 g/mol. The number of benzene rings is 1. The van der Waals surface area contributed by atoms with Gasteiger partial charge in [-0.05, 0) is 29.5 Å². The SMILES string of the molecule is CC(C)(C)C1CN(c2cc(C(F)(F)F)ccc2C(=O)O)C1. The summed E-state index contributed by atoms with van der Waals surface area (Å²) in [7, 11) is 0. The molecule has 6 heteroatoms. The maximum atomic E-state index is 12.8. The van der Waals surface area contributed by atoms with Gasteiger partial charge in [-0.3, -0.25) is 0 Å². The van der Waals surface area contributed by atoms with Gasteiger partial charge in [0.05, 0.1) is 16.8 Å². The smallest absolute Gasteiger partial charge is 0.416 e. The predicted octanol–water partition coefficient (Wildman–Crippen LogP) is 3.89. The number of anilines is 1. The molecular formula is C15H18F3NO2. The van der Waals surface area contributed by atoms with Crippen LogP contribution in [0.25, 0.3) is 0 Å². The van der Waals surface area contributed by atoms with Gasteiger partial charge in [0.1, 0.15) is 0 Å². The molecule has 0 aliphatic carbocycles. The molecule has 1 fully saturated rings. The number of halogens is 3. The van der Waals surface area contributed by atoms with Crippen LogP contribution in [0.4, 0.5) is 18.9 Å². The summed E-state index contributed by atoms with van der Waals surface area (Å²) in [5.74, 6) is -0.869. The Morgan fingerprint density at radius 2 is 1.81 bits per heavy atom. The van der Waals surface area contributed by atoms with E-state index in [4.69, 9.17) is 5.11 Å². The Morgan fingerprint density at radius 3 is 2.24 bits per heavy atom. The number of nitrogens with zero attached hydrogens (tertiary/aromatic N) is 1. The molecule has 21 heavy (non-hydrogen) atoms. The van der Waals surface area contributed by atoms with E-state index in [1.54, 1.807) is 4.90 Å². The summed E-state index contributed by atoms with van der Waals surface area (Å²) < 4.78 is 38.4. The van der Waals surface area contributed by atoms with Crippen molar-refractivity contribution >= 4 is 11.7 Å². The molecule has 1 saturated heterocycles. The molecule has 0 bridgehead atoms. The van der Waals surface area contributed by atoms with Crippen LogP contribution in [0.3, 0.4) is 0 Å². The third kappa shape index (κ3) is 3.14. The second-order valence-corrected chi connectivity index (χ2v) is 6.50. The van der Waals surface area contributed by atoms with Crippen LogP contribution in [0.2, 0.25) is 0 Å². The Bertz CT molecular complexity index is 555. The molecule has 0 radical (unpaired) electrons. The van der Waals surface area contributed by atoms with Gasteiger partial charge in [0.2, 0.25) is 0 Å². The van der Waals surface area contributed by atoms with Crippen LogP contribution in [0, 0.1) is 11.3 Å². The molecule has 0 aromatic heterocycles. The minimum absolute atomic E-state index is 0.0571. The van der Waals surface area contributed by atoms with Crippen LogP contribution in [0.1, 0.15) is 36.7 Å². The van der Waals surface area contributed by atoms with Crippen LogP contribution < -0.4 is 4.90 Å². The molecular weight excluding hydrogens is 283 g/mol. The van der Waals surface area contributed by atoms with E-state index in [1.165, 1.54) is 0 Å². The molecule has 0 amide bonds. The third-order valence-electron chi connectivity index (χ3n) is 4.00. The van der Waals surface area contributed by atoms with E-state index in [9.17, 15) is 18.0 Å². The zero-order valence-electron chi connectivity index (χ0n) is 12.2. The average Bonchev–Trinajstić information content (AvgIpc) is 2.23. The summed E-state index contributed by atoms with van der Waals surface area (Å²) in [6.07, 6.45) is -4.47. The maximum absolute atomic E-state index is 12.8. The summed E-state index contributed by atoms with van der Waals surface area (Å²) in [6.45, 7) is 7.36. The molecule has 1 heterocycles. The number of carboxylic acid groups (broad SMARTS) is 1. The number of alkyl halides is 3. The summed E-state index contributed by atoms with van der Waals surface area (Å²) in [5.41, 5.74) is -0.698. The Morgan fingerprint density at radius 1 is 1.24 bits per heavy atom. The Kier molecular flexibility index (Phi) is 3.68. The van der Waals surface area contributed by atoms with Crippen LogP contribution in [-0.2, 0) is 6.18 Å². The van der Waals surface area contributed by atoms with Crippen molar-refractivity contribution < 1.29 is 23.1 Å². The van der Waals surface area contributed by atoms with E-state index in [-0.39, 0.29) is 16.7 Å². The fourth-order valence-corrected chi connectivity index (χ4v) is 2.37. The molecule has 116 valence electrons. The second-order valence-electron chi connectivity index (χ2n) is 6.50. The number of hydrogen-bond acceptors (Lipinski definition) is 2. The first-order valence-electron chi connectivity index (χ1n) is 6.69. The van der Waals surface area contributed by atoms with Crippen LogP contribution in [0.15, 0.2) is 18.2 Å². The van der Waals surface area contributed by atoms with E-state index in [0.29, 0.717) is 19.0 Å². The topological polar surface area (TPSA) is 40.5 Å². The van der Waals surface area contributed by atoms with Crippen molar-refractivity contribution in [2.24, 2.45) is 11.3 Å². The van der Waals surface area contributed by atoms with E-state index >= 15 is 0 Å². The minimum atomic E-state index is -4.47.